The fourth-order valence-corrected chi connectivity index (χ4v) is 2.50. The Bertz CT molecular complexity index is 553. The van der Waals surface area contributed by atoms with Crippen LogP contribution in [-0.4, -0.2) is 33.8 Å². The predicted octanol–water partition coefficient (Wildman–Crippen LogP) is 1.85. The first kappa shape index (κ1) is 14.2. The van der Waals surface area contributed by atoms with Crippen LogP contribution in [0.3, 0.4) is 0 Å². The molecule has 1 heterocycles. The fourth-order valence-electron chi connectivity index (χ4n) is 2.50. The largest absolute Gasteiger partial charge is 0.481 e. The molecule has 5 heteroatoms. The third-order valence-electron chi connectivity index (χ3n) is 3.53. The van der Waals surface area contributed by atoms with Gasteiger partial charge in [-0.15, -0.1) is 0 Å². The molecule has 0 aliphatic carbocycles. The van der Waals surface area contributed by atoms with Crippen molar-refractivity contribution >= 4 is 17.8 Å². The molecule has 1 aromatic carbocycles. The van der Waals surface area contributed by atoms with Gasteiger partial charge in [-0.3, -0.25) is 19.3 Å². The zero-order valence-electron chi connectivity index (χ0n) is 11.3. The summed E-state index contributed by atoms with van der Waals surface area (Å²) >= 11 is 0. The molecule has 2 rings (SSSR count). The number of rotatable bonds is 5. The van der Waals surface area contributed by atoms with Crippen LogP contribution in [0.1, 0.15) is 42.1 Å². The van der Waals surface area contributed by atoms with E-state index in [1.807, 2.05) is 6.07 Å². The number of carboxylic acid groups (broad SMARTS) is 1. The molecule has 106 valence electrons. The van der Waals surface area contributed by atoms with Crippen molar-refractivity contribution in [1.82, 2.24) is 4.90 Å². The first-order valence-corrected chi connectivity index (χ1v) is 6.67. The van der Waals surface area contributed by atoms with E-state index in [0.717, 1.165) is 5.56 Å². The van der Waals surface area contributed by atoms with Crippen molar-refractivity contribution in [2.45, 2.75) is 38.6 Å². The zero-order valence-corrected chi connectivity index (χ0v) is 11.3. The van der Waals surface area contributed by atoms with E-state index in [9.17, 15) is 14.4 Å². The lowest BCUT2D eigenvalue weighted by atomic mass is 9.96. The minimum atomic E-state index is -0.862. The van der Waals surface area contributed by atoms with Crippen LogP contribution in [0.2, 0.25) is 0 Å². The van der Waals surface area contributed by atoms with E-state index in [1.54, 1.807) is 25.1 Å². The maximum absolute atomic E-state index is 12.4. The van der Waals surface area contributed by atoms with Gasteiger partial charge in [-0.2, -0.15) is 0 Å². The minimum absolute atomic E-state index is 0.0527. The molecule has 0 saturated carbocycles. The molecule has 0 fully saturated rings. The zero-order chi connectivity index (χ0) is 14.7. The number of carboxylic acids is 1. The first-order chi connectivity index (χ1) is 9.50. The second-order valence-corrected chi connectivity index (χ2v) is 5.04. The predicted molar refractivity (Wildman–Crippen MR) is 72.3 cm³/mol. The Hall–Kier alpha value is -2.17. The second-order valence-electron chi connectivity index (χ2n) is 5.04. The van der Waals surface area contributed by atoms with Crippen molar-refractivity contribution in [2.24, 2.45) is 0 Å². The summed E-state index contributed by atoms with van der Waals surface area (Å²) in [7, 11) is 0. The second kappa shape index (κ2) is 5.86. The highest BCUT2D eigenvalue weighted by atomic mass is 16.4. The Morgan fingerprint density at radius 2 is 2.05 bits per heavy atom. The molecule has 0 aromatic heterocycles. The van der Waals surface area contributed by atoms with E-state index >= 15 is 0 Å². The Balaban J connectivity index is 2.10. The monoisotopic (exact) mass is 275 g/mol. The van der Waals surface area contributed by atoms with Gasteiger partial charge in [-0.25, -0.2) is 0 Å². The third-order valence-corrected chi connectivity index (χ3v) is 3.53. The molecule has 1 aliphatic rings. The van der Waals surface area contributed by atoms with Crippen molar-refractivity contribution in [2.75, 3.05) is 0 Å². The summed E-state index contributed by atoms with van der Waals surface area (Å²) in [6.45, 7) is 1.78. The van der Waals surface area contributed by atoms with Gasteiger partial charge >= 0.3 is 5.97 Å². The third kappa shape index (κ3) is 2.87. The van der Waals surface area contributed by atoms with Gasteiger partial charge in [-0.1, -0.05) is 18.2 Å². The summed E-state index contributed by atoms with van der Waals surface area (Å²) in [5.41, 5.74) is 1.33. The normalized spacial score (nSPS) is 15.9. The van der Waals surface area contributed by atoms with Crippen LogP contribution < -0.4 is 0 Å². The van der Waals surface area contributed by atoms with Crippen LogP contribution in [0, 0.1) is 0 Å². The van der Waals surface area contributed by atoms with Gasteiger partial charge in [0.05, 0.1) is 6.42 Å². The maximum Gasteiger partial charge on any atom is 0.303 e. The molecule has 2 amide bonds. The number of carbonyl (C=O) groups is 3. The number of hydrogen-bond acceptors (Lipinski definition) is 3. The quantitative estimate of drug-likeness (QED) is 0.832. The molecular weight excluding hydrogens is 258 g/mol. The van der Waals surface area contributed by atoms with E-state index in [0.29, 0.717) is 18.4 Å². The van der Waals surface area contributed by atoms with Gasteiger partial charge in [0.2, 0.25) is 5.91 Å². The number of nitrogens with zero attached hydrogens (tertiary/aromatic N) is 1. The van der Waals surface area contributed by atoms with E-state index in [1.165, 1.54) is 4.90 Å². The maximum atomic E-state index is 12.4. The van der Waals surface area contributed by atoms with Gasteiger partial charge in [0.25, 0.3) is 5.91 Å². The van der Waals surface area contributed by atoms with Crippen LogP contribution in [-0.2, 0) is 16.0 Å². The van der Waals surface area contributed by atoms with Crippen molar-refractivity contribution in [3.05, 3.63) is 35.4 Å². The molecular formula is C15H17NO4. The van der Waals surface area contributed by atoms with E-state index in [2.05, 4.69) is 0 Å². The van der Waals surface area contributed by atoms with Crippen molar-refractivity contribution in [1.29, 1.82) is 0 Å². The summed E-state index contributed by atoms with van der Waals surface area (Å²) < 4.78 is 0. The fraction of sp³-hybridized carbons (Fsp3) is 0.400. The standard InChI is InChI=1S/C15H17NO4/c1-10(5-4-8-14(18)19)16-13(17)9-11-6-2-3-7-12(11)15(16)20/h2-3,6-7,10H,4-5,8-9H2,1H3,(H,18,19). The average molecular weight is 275 g/mol. The smallest absolute Gasteiger partial charge is 0.303 e. The number of fused-ring (bicyclic) bond motifs is 1. The molecule has 1 N–H and O–H groups in total. The van der Waals surface area contributed by atoms with Crippen LogP contribution in [0.15, 0.2) is 24.3 Å². The number of aliphatic carboxylic acids is 1. The molecule has 5 nitrogen and oxygen atoms in total. The molecule has 1 aliphatic heterocycles. The molecule has 20 heavy (non-hydrogen) atoms. The number of imide groups is 1. The molecule has 0 radical (unpaired) electrons. The van der Waals surface area contributed by atoms with Crippen molar-refractivity contribution in [3.63, 3.8) is 0 Å². The topological polar surface area (TPSA) is 74.7 Å². The van der Waals surface area contributed by atoms with E-state index in [4.69, 9.17) is 5.11 Å². The Kier molecular flexibility index (Phi) is 4.17. The first-order valence-electron chi connectivity index (χ1n) is 6.67. The molecule has 1 atom stereocenters. The molecule has 1 aromatic rings. The summed E-state index contributed by atoms with van der Waals surface area (Å²) in [5.74, 6) is -1.35. The average Bonchev–Trinajstić information content (AvgIpc) is 2.38. The highest BCUT2D eigenvalue weighted by Crippen LogP contribution is 2.23. The van der Waals surface area contributed by atoms with Crippen LogP contribution in [0.25, 0.3) is 0 Å². The number of benzene rings is 1. The van der Waals surface area contributed by atoms with E-state index in [-0.39, 0.29) is 30.7 Å². The van der Waals surface area contributed by atoms with Gasteiger partial charge in [0.1, 0.15) is 0 Å². The van der Waals surface area contributed by atoms with Crippen LogP contribution in [0.5, 0.6) is 0 Å². The van der Waals surface area contributed by atoms with Crippen molar-refractivity contribution in [3.8, 4) is 0 Å². The minimum Gasteiger partial charge on any atom is -0.481 e. The van der Waals surface area contributed by atoms with Crippen LogP contribution >= 0.6 is 0 Å². The molecule has 1 unspecified atom stereocenters. The summed E-state index contributed by atoms with van der Waals surface area (Å²) in [5, 5.41) is 8.62. The molecule has 0 saturated heterocycles. The number of hydrogen-bond donors (Lipinski definition) is 1. The van der Waals surface area contributed by atoms with Gasteiger partial charge in [-0.05, 0) is 31.4 Å². The van der Waals surface area contributed by atoms with Gasteiger partial charge < -0.3 is 5.11 Å². The lowest BCUT2D eigenvalue weighted by Gasteiger charge is -2.31. The van der Waals surface area contributed by atoms with Crippen molar-refractivity contribution < 1.29 is 19.5 Å². The summed E-state index contributed by atoms with van der Waals surface area (Å²) in [6, 6.07) is 6.83. The highest BCUT2D eigenvalue weighted by molar-refractivity contribution is 6.09. The highest BCUT2D eigenvalue weighted by Gasteiger charge is 2.33. The Morgan fingerprint density at radius 1 is 1.35 bits per heavy atom. The van der Waals surface area contributed by atoms with Crippen LogP contribution in [0.4, 0.5) is 0 Å². The molecule has 0 spiro atoms. The molecule has 0 bridgehead atoms. The Morgan fingerprint density at radius 3 is 2.75 bits per heavy atom. The summed E-state index contributed by atoms with van der Waals surface area (Å²) in [6.07, 6.45) is 1.24. The lowest BCUT2D eigenvalue weighted by Crippen LogP contribution is -2.47. The summed E-state index contributed by atoms with van der Waals surface area (Å²) in [4.78, 5) is 36.2. The number of carbonyl (C=O) groups excluding carboxylic acids is 2. The van der Waals surface area contributed by atoms with E-state index < -0.39 is 5.97 Å². The van der Waals surface area contributed by atoms with Gasteiger partial charge in [0.15, 0.2) is 0 Å². The SMILES string of the molecule is CC(CCCC(=O)O)N1C(=O)Cc2ccccc2C1=O. The lowest BCUT2D eigenvalue weighted by molar-refractivity contribution is -0.137. The van der Waals surface area contributed by atoms with Gasteiger partial charge in [0, 0.05) is 18.0 Å². The number of amides is 2. The Labute approximate surface area is 117 Å².